The van der Waals surface area contributed by atoms with Crippen LogP contribution in [0.3, 0.4) is 0 Å². The van der Waals surface area contributed by atoms with Crippen LogP contribution in [-0.2, 0) is 26.6 Å². The lowest BCUT2D eigenvalue weighted by Gasteiger charge is -2.28. The van der Waals surface area contributed by atoms with E-state index in [4.69, 9.17) is 4.74 Å². The van der Waals surface area contributed by atoms with Gasteiger partial charge >= 0.3 is 6.03 Å². The minimum Gasteiger partial charge on any atom is -0.487 e. The van der Waals surface area contributed by atoms with E-state index in [9.17, 15) is 9.18 Å². The molecule has 4 rings (SSSR count). The highest BCUT2D eigenvalue weighted by atomic mass is 19.1. The van der Waals surface area contributed by atoms with E-state index in [1.807, 2.05) is 42.9 Å². The van der Waals surface area contributed by atoms with E-state index in [2.05, 4.69) is 10.4 Å². The van der Waals surface area contributed by atoms with Gasteiger partial charge in [0, 0.05) is 43.0 Å². The zero-order valence-corrected chi connectivity index (χ0v) is 16.5. The number of fused-ring (bicyclic) bond motifs is 1. The molecule has 1 N–H and O–H groups in total. The van der Waals surface area contributed by atoms with Crippen molar-refractivity contribution in [3.8, 4) is 5.75 Å². The van der Waals surface area contributed by atoms with Gasteiger partial charge < -0.3 is 15.0 Å². The maximum absolute atomic E-state index is 13.4. The molecule has 2 aromatic carbocycles. The van der Waals surface area contributed by atoms with Crippen LogP contribution >= 0.6 is 0 Å². The third-order valence-electron chi connectivity index (χ3n) is 5.17. The van der Waals surface area contributed by atoms with Crippen molar-refractivity contribution in [3.05, 3.63) is 76.9 Å². The topological polar surface area (TPSA) is 59.4 Å². The lowest BCUT2D eigenvalue weighted by atomic mass is 10.1. The molecule has 0 radical (unpaired) electrons. The first-order valence-electron chi connectivity index (χ1n) is 9.55. The molecule has 0 aliphatic carbocycles. The van der Waals surface area contributed by atoms with Crippen molar-refractivity contribution in [2.75, 3.05) is 11.9 Å². The van der Waals surface area contributed by atoms with Crippen molar-refractivity contribution < 1.29 is 13.9 Å². The highest BCUT2D eigenvalue weighted by Gasteiger charge is 2.27. The van der Waals surface area contributed by atoms with Crippen molar-refractivity contribution in [3.63, 3.8) is 0 Å². The molecular weight excluding hydrogens is 371 g/mol. The lowest BCUT2D eigenvalue weighted by Crippen LogP contribution is -2.39. The number of nitrogens with zero attached hydrogens (tertiary/aromatic N) is 3. The molecule has 0 saturated carbocycles. The van der Waals surface area contributed by atoms with Crippen molar-refractivity contribution in [1.29, 1.82) is 0 Å². The Hall–Kier alpha value is -3.35. The van der Waals surface area contributed by atoms with E-state index in [0.29, 0.717) is 18.8 Å². The second-order valence-corrected chi connectivity index (χ2v) is 7.16. The minimum atomic E-state index is -0.343. The number of carbonyl (C=O) groups is 1. The van der Waals surface area contributed by atoms with Gasteiger partial charge in [0.1, 0.15) is 23.9 Å². The molecule has 1 aromatic heterocycles. The Morgan fingerprint density at radius 2 is 2.07 bits per heavy atom. The lowest BCUT2D eigenvalue weighted by molar-refractivity contribution is 0.205. The zero-order valence-electron chi connectivity index (χ0n) is 16.5. The predicted molar refractivity (Wildman–Crippen MR) is 108 cm³/mol. The third-order valence-corrected chi connectivity index (χ3v) is 5.17. The summed E-state index contributed by atoms with van der Waals surface area (Å²) < 4.78 is 20.9. The molecule has 29 heavy (non-hydrogen) atoms. The normalized spacial score (nSPS) is 13.1. The van der Waals surface area contributed by atoms with Gasteiger partial charge in [-0.3, -0.25) is 4.68 Å². The summed E-state index contributed by atoms with van der Waals surface area (Å²) in [6.45, 7) is 3.27. The highest BCUT2D eigenvalue weighted by Crippen LogP contribution is 2.25. The fourth-order valence-corrected chi connectivity index (χ4v) is 3.57. The van der Waals surface area contributed by atoms with Crippen LogP contribution in [0.4, 0.5) is 14.9 Å². The molecule has 1 aliphatic heterocycles. The molecule has 150 valence electrons. The molecule has 3 aromatic rings. The van der Waals surface area contributed by atoms with Crippen molar-refractivity contribution in [2.24, 2.45) is 7.05 Å². The molecule has 0 bridgehead atoms. The number of aryl methyl sites for hydroxylation is 2. The number of aromatic nitrogens is 2. The Morgan fingerprint density at radius 1 is 1.24 bits per heavy atom. The summed E-state index contributed by atoms with van der Waals surface area (Å²) in [4.78, 5) is 14.6. The fraction of sp³-hybridized carbons (Fsp3) is 0.273. The molecule has 0 unspecified atom stereocenters. The summed E-state index contributed by atoms with van der Waals surface area (Å²) in [7, 11) is 1.90. The largest absolute Gasteiger partial charge is 0.487 e. The van der Waals surface area contributed by atoms with E-state index in [1.165, 1.54) is 12.1 Å². The molecule has 6 nitrogen and oxygen atoms in total. The first-order chi connectivity index (χ1) is 14.0. The number of hydrogen-bond donors (Lipinski definition) is 1. The van der Waals surface area contributed by atoms with Gasteiger partial charge in [-0.2, -0.15) is 5.10 Å². The third kappa shape index (κ3) is 4.08. The highest BCUT2D eigenvalue weighted by molar-refractivity contribution is 5.90. The standard InChI is InChI=1S/C22H23FN4O2/c1-15-6-3-4-9-19(15)24-22(28)27-11-10-21-18(13-27)20(25-26(21)2)14-29-17-8-5-7-16(23)12-17/h3-9,12H,10-11,13-14H2,1-2H3,(H,24,28). The summed E-state index contributed by atoms with van der Waals surface area (Å²) >= 11 is 0. The molecule has 0 fully saturated rings. The maximum Gasteiger partial charge on any atom is 0.322 e. The number of halogens is 1. The number of urea groups is 1. The molecule has 1 aliphatic rings. The first-order valence-corrected chi connectivity index (χ1v) is 9.55. The van der Waals surface area contributed by atoms with E-state index >= 15 is 0 Å². The van der Waals surface area contributed by atoms with Gasteiger partial charge in [-0.15, -0.1) is 0 Å². The average Bonchev–Trinajstić information content (AvgIpc) is 3.03. The van der Waals surface area contributed by atoms with Crippen LogP contribution in [0, 0.1) is 12.7 Å². The number of amides is 2. The maximum atomic E-state index is 13.4. The van der Waals surface area contributed by atoms with Gasteiger partial charge in [-0.05, 0) is 30.7 Å². The summed E-state index contributed by atoms with van der Waals surface area (Å²) in [6.07, 6.45) is 0.722. The molecule has 7 heteroatoms. The van der Waals surface area contributed by atoms with Crippen LogP contribution in [0.5, 0.6) is 5.75 Å². The summed E-state index contributed by atoms with van der Waals surface area (Å²) in [5, 5.41) is 7.55. The van der Waals surface area contributed by atoms with E-state index in [0.717, 1.165) is 34.6 Å². The molecule has 0 spiro atoms. The summed E-state index contributed by atoms with van der Waals surface area (Å²) in [6, 6.07) is 13.6. The number of ether oxygens (including phenoxy) is 1. The molecule has 2 heterocycles. The number of para-hydroxylation sites is 1. The molecule has 2 amide bonds. The SMILES string of the molecule is Cc1ccccc1NC(=O)N1CCc2c(c(COc3cccc(F)c3)nn2C)C1. The van der Waals surface area contributed by atoms with Crippen LogP contribution in [0.15, 0.2) is 48.5 Å². The van der Waals surface area contributed by atoms with E-state index in [1.54, 1.807) is 17.0 Å². The van der Waals surface area contributed by atoms with Crippen molar-refractivity contribution in [2.45, 2.75) is 26.5 Å². The molecule has 0 saturated heterocycles. The van der Waals surface area contributed by atoms with Crippen molar-refractivity contribution >= 4 is 11.7 Å². The molecular formula is C22H23FN4O2. The predicted octanol–water partition coefficient (Wildman–Crippen LogP) is 4.04. The Morgan fingerprint density at radius 3 is 2.86 bits per heavy atom. The number of anilines is 1. The van der Waals surface area contributed by atoms with Crippen LogP contribution in [0.1, 0.15) is 22.5 Å². The number of hydrogen-bond acceptors (Lipinski definition) is 3. The number of benzene rings is 2. The number of carbonyl (C=O) groups excluding carboxylic acids is 1. The van der Waals surface area contributed by atoms with Crippen LogP contribution in [-0.4, -0.2) is 27.3 Å². The Bertz CT molecular complexity index is 1050. The smallest absolute Gasteiger partial charge is 0.322 e. The Kier molecular flexibility index (Phi) is 5.20. The number of rotatable bonds is 4. The van der Waals surface area contributed by atoms with Gasteiger partial charge in [0.2, 0.25) is 0 Å². The Labute approximate surface area is 168 Å². The van der Waals surface area contributed by atoms with E-state index < -0.39 is 0 Å². The van der Waals surface area contributed by atoms with Gasteiger partial charge in [0.25, 0.3) is 0 Å². The number of nitrogens with one attached hydrogen (secondary N) is 1. The molecule has 0 atom stereocenters. The van der Waals surface area contributed by atoms with Gasteiger partial charge in [-0.1, -0.05) is 24.3 Å². The average molecular weight is 394 g/mol. The second kappa shape index (κ2) is 7.95. The minimum absolute atomic E-state index is 0.134. The monoisotopic (exact) mass is 394 g/mol. The van der Waals surface area contributed by atoms with Crippen LogP contribution in [0.2, 0.25) is 0 Å². The fourth-order valence-electron chi connectivity index (χ4n) is 3.57. The van der Waals surface area contributed by atoms with Crippen molar-refractivity contribution in [1.82, 2.24) is 14.7 Å². The quantitative estimate of drug-likeness (QED) is 0.727. The first kappa shape index (κ1) is 19.0. The zero-order chi connectivity index (χ0) is 20.4. The van der Waals surface area contributed by atoms with Gasteiger partial charge in [0.15, 0.2) is 0 Å². The van der Waals surface area contributed by atoms with Crippen LogP contribution in [0.25, 0.3) is 0 Å². The Balaban J connectivity index is 1.48. The summed E-state index contributed by atoms with van der Waals surface area (Å²) in [5.41, 5.74) is 4.69. The summed E-state index contributed by atoms with van der Waals surface area (Å²) in [5.74, 6) is 0.110. The van der Waals surface area contributed by atoms with E-state index in [-0.39, 0.29) is 18.5 Å². The second-order valence-electron chi connectivity index (χ2n) is 7.16. The van der Waals surface area contributed by atoms with Gasteiger partial charge in [0.05, 0.1) is 6.54 Å². The van der Waals surface area contributed by atoms with Gasteiger partial charge in [-0.25, -0.2) is 9.18 Å². The van der Waals surface area contributed by atoms with Crippen LogP contribution < -0.4 is 10.1 Å².